The van der Waals surface area contributed by atoms with Crippen LogP contribution < -0.4 is 5.32 Å². The summed E-state index contributed by atoms with van der Waals surface area (Å²) in [4.78, 5) is 19.6. The number of carbonyl (C=O) groups excluding carboxylic acids is 1. The monoisotopic (exact) mass is 251 g/mol. The molecular formula is C10H10ClN5O. The summed E-state index contributed by atoms with van der Waals surface area (Å²) in [5.41, 5.74) is 0. The van der Waals surface area contributed by atoms with Crippen LogP contribution in [0.3, 0.4) is 0 Å². The number of hydrogen-bond donors (Lipinski definition) is 1. The normalized spacial score (nSPS) is 12.1. The van der Waals surface area contributed by atoms with E-state index in [9.17, 15) is 4.79 Å². The Morgan fingerprint density at radius 3 is 2.88 bits per heavy atom. The van der Waals surface area contributed by atoms with Crippen LogP contribution >= 0.6 is 11.6 Å². The van der Waals surface area contributed by atoms with E-state index in [4.69, 9.17) is 11.6 Å². The van der Waals surface area contributed by atoms with Crippen LogP contribution in [-0.4, -0.2) is 25.7 Å². The molecule has 0 spiro atoms. The zero-order valence-electron chi connectivity index (χ0n) is 9.04. The highest BCUT2D eigenvalue weighted by Gasteiger charge is 2.15. The van der Waals surface area contributed by atoms with Gasteiger partial charge in [-0.2, -0.15) is 5.10 Å². The fourth-order valence-electron chi connectivity index (χ4n) is 1.24. The minimum absolute atomic E-state index is 0.217. The third-order valence-electron chi connectivity index (χ3n) is 2.17. The first-order valence-corrected chi connectivity index (χ1v) is 5.32. The SMILES string of the molecule is CC(C(=O)Nc1cnc(Cl)cn1)n1cccn1. The molecular weight excluding hydrogens is 242 g/mol. The van der Waals surface area contributed by atoms with Crippen LogP contribution in [0.25, 0.3) is 0 Å². The van der Waals surface area contributed by atoms with Crippen molar-refractivity contribution in [3.8, 4) is 0 Å². The van der Waals surface area contributed by atoms with Crippen LogP contribution in [-0.2, 0) is 4.79 Å². The topological polar surface area (TPSA) is 72.7 Å². The predicted octanol–water partition coefficient (Wildman–Crippen LogP) is 1.53. The zero-order valence-corrected chi connectivity index (χ0v) is 9.80. The summed E-state index contributed by atoms with van der Waals surface area (Å²) >= 11 is 5.59. The van der Waals surface area contributed by atoms with Gasteiger partial charge in [0.1, 0.15) is 11.2 Å². The molecule has 0 bridgehead atoms. The molecule has 0 aliphatic rings. The van der Waals surface area contributed by atoms with E-state index in [1.807, 2.05) is 0 Å². The number of amides is 1. The Kier molecular flexibility index (Phi) is 3.34. The molecule has 0 aromatic carbocycles. The van der Waals surface area contributed by atoms with E-state index in [1.54, 1.807) is 30.1 Å². The largest absolute Gasteiger partial charge is 0.308 e. The smallest absolute Gasteiger partial charge is 0.250 e. The second-order valence-corrected chi connectivity index (χ2v) is 3.76. The average molecular weight is 252 g/mol. The first kappa shape index (κ1) is 11.5. The summed E-state index contributed by atoms with van der Waals surface area (Å²) in [5, 5.41) is 6.90. The van der Waals surface area contributed by atoms with Crippen molar-refractivity contribution in [2.75, 3.05) is 5.32 Å². The number of nitrogens with one attached hydrogen (secondary N) is 1. The molecule has 2 rings (SSSR count). The Balaban J connectivity index is 2.04. The average Bonchev–Trinajstić information content (AvgIpc) is 2.84. The van der Waals surface area contributed by atoms with Crippen LogP contribution in [0.2, 0.25) is 5.15 Å². The van der Waals surface area contributed by atoms with Crippen molar-refractivity contribution in [3.63, 3.8) is 0 Å². The van der Waals surface area contributed by atoms with Gasteiger partial charge in [0.25, 0.3) is 0 Å². The van der Waals surface area contributed by atoms with Crippen molar-refractivity contribution in [3.05, 3.63) is 36.0 Å². The maximum absolute atomic E-state index is 11.8. The molecule has 0 radical (unpaired) electrons. The molecule has 2 aromatic rings. The summed E-state index contributed by atoms with van der Waals surface area (Å²) in [6.45, 7) is 1.74. The molecule has 1 N–H and O–H groups in total. The Morgan fingerprint density at radius 2 is 2.29 bits per heavy atom. The highest BCUT2D eigenvalue weighted by Crippen LogP contribution is 2.09. The van der Waals surface area contributed by atoms with E-state index in [1.165, 1.54) is 12.4 Å². The predicted molar refractivity (Wildman–Crippen MR) is 62.6 cm³/mol. The van der Waals surface area contributed by atoms with E-state index in [0.29, 0.717) is 5.82 Å². The minimum atomic E-state index is -0.414. The molecule has 88 valence electrons. The van der Waals surface area contributed by atoms with Gasteiger partial charge in [0, 0.05) is 12.4 Å². The molecule has 7 heteroatoms. The van der Waals surface area contributed by atoms with Gasteiger partial charge in [-0.05, 0) is 13.0 Å². The van der Waals surface area contributed by atoms with Crippen molar-refractivity contribution < 1.29 is 4.79 Å². The number of hydrogen-bond acceptors (Lipinski definition) is 4. The molecule has 1 atom stereocenters. The minimum Gasteiger partial charge on any atom is -0.308 e. The molecule has 1 amide bonds. The van der Waals surface area contributed by atoms with Gasteiger partial charge in [-0.15, -0.1) is 0 Å². The Bertz CT molecular complexity index is 496. The van der Waals surface area contributed by atoms with Gasteiger partial charge in [0.05, 0.1) is 12.4 Å². The summed E-state index contributed by atoms with van der Waals surface area (Å²) < 4.78 is 1.55. The number of rotatable bonds is 3. The molecule has 17 heavy (non-hydrogen) atoms. The highest BCUT2D eigenvalue weighted by atomic mass is 35.5. The van der Waals surface area contributed by atoms with Gasteiger partial charge < -0.3 is 5.32 Å². The van der Waals surface area contributed by atoms with Crippen LogP contribution in [0.5, 0.6) is 0 Å². The van der Waals surface area contributed by atoms with Crippen LogP contribution in [0.1, 0.15) is 13.0 Å². The third-order valence-corrected chi connectivity index (χ3v) is 2.37. The Labute approximate surface area is 103 Å². The Hall–Kier alpha value is -1.95. The lowest BCUT2D eigenvalue weighted by atomic mass is 10.3. The summed E-state index contributed by atoms with van der Waals surface area (Å²) in [6, 6.07) is 1.34. The highest BCUT2D eigenvalue weighted by molar-refractivity contribution is 6.29. The van der Waals surface area contributed by atoms with E-state index in [0.717, 1.165) is 0 Å². The van der Waals surface area contributed by atoms with Crippen molar-refractivity contribution in [1.82, 2.24) is 19.7 Å². The summed E-state index contributed by atoms with van der Waals surface area (Å²) in [7, 11) is 0. The molecule has 2 heterocycles. The maximum Gasteiger partial charge on any atom is 0.250 e. The van der Waals surface area contributed by atoms with Gasteiger partial charge in [0.2, 0.25) is 5.91 Å². The molecule has 0 fully saturated rings. The fourth-order valence-corrected chi connectivity index (χ4v) is 1.33. The first-order chi connectivity index (χ1) is 8.16. The van der Waals surface area contributed by atoms with Gasteiger partial charge in [-0.1, -0.05) is 11.6 Å². The Morgan fingerprint density at radius 1 is 1.47 bits per heavy atom. The van der Waals surface area contributed by atoms with Crippen molar-refractivity contribution in [2.45, 2.75) is 13.0 Å². The molecule has 2 aromatic heterocycles. The lowest BCUT2D eigenvalue weighted by Gasteiger charge is -2.11. The lowest BCUT2D eigenvalue weighted by Crippen LogP contribution is -2.24. The fraction of sp³-hybridized carbons (Fsp3) is 0.200. The van der Waals surface area contributed by atoms with Gasteiger partial charge in [-0.3, -0.25) is 9.48 Å². The van der Waals surface area contributed by atoms with Crippen molar-refractivity contribution in [2.24, 2.45) is 0 Å². The van der Waals surface area contributed by atoms with E-state index in [2.05, 4.69) is 20.4 Å². The van der Waals surface area contributed by atoms with Gasteiger partial charge in [0.15, 0.2) is 5.82 Å². The zero-order chi connectivity index (χ0) is 12.3. The summed E-state index contributed by atoms with van der Waals surface area (Å²) in [6.07, 6.45) is 6.11. The number of anilines is 1. The molecule has 0 saturated heterocycles. The molecule has 0 saturated carbocycles. The van der Waals surface area contributed by atoms with Crippen LogP contribution in [0, 0.1) is 0 Å². The van der Waals surface area contributed by atoms with Crippen LogP contribution in [0.4, 0.5) is 5.82 Å². The molecule has 0 aliphatic heterocycles. The maximum atomic E-state index is 11.8. The van der Waals surface area contributed by atoms with Crippen molar-refractivity contribution >= 4 is 23.3 Å². The number of aromatic nitrogens is 4. The second kappa shape index (κ2) is 4.92. The number of halogens is 1. The quantitative estimate of drug-likeness (QED) is 0.898. The van der Waals surface area contributed by atoms with Gasteiger partial charge in [-0.25, -0.2) is 9.97 Å². The van der Waals surface area contributed by atoms with Gasteiger partial charge >= 0.3 is 0 Å². The second-order valence-electron chi connectivity index (χ2n) is 3.38. The van der Waals surface area contributed by atoms with E-state index < -0.39 is 6.04 Å². The van der Waals surface area contributed by atoms with Crippen LogP contribution in [0.15, 0.2) is 30.9 Å². The first-order valence-electron chi connectivity index (χ1n) is 4.94. The molecule has 1 unspecified atom stereocenters. The standard InChI is InChI=1S/C10H10ClN5O/c1-7(16-4-2-3-14-16)10(17)15-9-6-12-8(11)5-13-9/h2-7H,1H3,(H,13,15,17). The van der Waals surface area contributed by atoms with Crippen molar-refractivity contribution in [1.29, 1.82) is 0 Å². The summed E-state index contributed by atoms with van der Waals surface area (Å²) in [5.74, 6) is 0.142. The molecule has 0 aliphatic carbocycles. The third kappa shape index (κ3) is 2.79. The lowest BCUT2D eigenvalue weighted by molar-refractivity contribution is -0.119. The number of carbonyl (C=O) groups is 1. The number of nitrogens with zero attached hydrogens (tertiary/aromatic N) is 4. The molecule has 6 nitrogen and oxygen atoms in total. The van der Waals surface area contributed by atoms with E-state index >= 15 is 0 Å². The van der Waals surface area contributed by atoms with E-state index in [-0.39, 0.29) is 11.1 Å².